The maximum atomic E-state index is 5.66. The molecule has 0 bridgehead atoms. The summed E-state index contributed by atoms with van der Waals surface area (Å²) in [6.45, 7) is 5.20. The Balaban J connectivity index is 0.00000162. The van der Waals surface area contributed by atoms with Crippen LogP contribution >= 0.6 is 12.4 Å². The van der Waals surface area contributed by atoms with Crippen LogP contribution in [0, 0.1) is 13.8 Å². The van der Waals surface area contributed by atoms with Crippen LogP contribution in [0.25, 0.3) is 0 Å². The lowest BCUT2D eigenvalue weighted by Crippen LogP contribution is -1.96. The predicted molar refractivity (Wildman–Crippen MR) is 73.7 cm³/mol. The topological polar surface area (TPSA) is 35.0 Å². The molecule has 0 radical (unpaired) electrons. The molecule has 18 heavy (non-hydrogen) atoms. The van der Waals surface area contributed by atoms with Crippen LogP contribution < -0.4 is 0 Å². The van der Waals surface area contributed by atoms with Crippen LogP contribution in [-0.2, 0) is 18.0 Å². The molecule has 0 amide bonds. The number of pyridine rings is 2. The van der Waals surface area contributed by atoms with Gasteiger partial charge in [-0.15, -0.1) is 12.4 Å². The molecule has 0 fully saturated rings. The minimum Gasteiger partial charge on any atom is -0.372 e. The summed E-state index contributed by atoms with van der Waals surface area (Å²) in [5, 5.41) is 0. The Hall–Kier alpha value is -1.45. The zero-order chi connectivity index (χ0) is 12.1. The number of ether oxygens (including phenoxy) is 1. The summed E-state index contributed by atoms with van der Waals surface area (Å²) < 4.78 is 5.66. The smallest absolute Gasteiger partial charge is 0.0722 e. The minimum atomic E-state index is 0. The molecule has 2 heterocycles. The lowest BCUT2D eigenvalue weighted by Gasteiger charge is -2.05. The molecule has 0 N–H and O–H groups in total. The van der Waals surface area contributed by atoms with E-state index in [1.54, 1.807) is 0 Å². The normalized spacial score (nSPS) is 9.89. The Morgan fingerprint density at radius 2 is 1.33 bits per heavy atom. The fourth-order valence-corrected chi connectivity index (χ4v) is 1.67. The molecule has 2 aromatic rings. The molecule has 2 rings (SSSR count). The zero-order valence-corrected chi connectivity index (χ0v) is 11.4. The van der Waals surface area contributed by atoms with Crippen LogP contribution in [0.4, 0.5) is 0 Å². The third-order valence-electron chi connectivity index (χ3n) is 2.46. The van der Waals surface area contributed by atoms with Gasteiger partial charge in [0, 0.05) is 23.8 Å². The average molecular weight is 265 g/mol. The third-order valence-corrected chi connectivity index (χ3v) is 2.46. The molecular weight excluding hydrogens is 248 g/mol. The van der Waals surface area contributed by atoms with Gasteiger partial charge < -0.3 is 4.74 Å². The number of aromatic nitrogens is 2. The van der Waals surface area contributed by atoms with Crippen LogP contribution in [0.3, 0.4) is 0 Å². The lowest BCUT2D eigenvalue weighted by atomic mass is 10.2. The summed E-state index contributed by atoms with van der Waals surface area (Å²) >= 11 is 0. The molecule has 0 saturated carbocycles. The molecule has 0 aromatic carbocycles. The Morgan fingerprint density at radius 3 is 1.72 bits per heavy atom. The Labute approximate surface area is 114 Å². The van der Waals surface area contributed by atoms with E-state index in [9.17, 15) is 0 Å². The van der Waals surface area contributed by atoms with Crippen LogP contribution in [0.5, 0.6) is 0 Å². The summed E-state index contributed by atoms with van der Waals surface area (Å²) in [5.74, 6) is 0. The van der Waals surface area contributed by atoms with Crippen molar-refractivity contribution >= 4 is 12.4 Å². The molecule has 2 aromatic heterocycles. The quantitative estimate of drug-likeness (QED) is 0.850. The summed E-state index contributed by atoms with van der Waals surface area (Å²) in [5.41, 5.74) is 4.35. The first-order valence-electron chi connectivity index (χ1n) is 5.65. The maximum absolute atomic E-state index is 5.66. The summed E-state index contributed by atoms with van der Waals surface area (Å²) in [7, 11) is 0. The number of rotatable bonds is 4. The SMILES string of the molecule is Cc1cc(COCc2ccnc(C)c2)ccn1.Cl. The van der Waals surface area contributed by atoms with Gasteiger partial charge in [0.25, 0.3) is 0 Å². The highest BCUT2D eigenvalue weighted by molar-refractivity contribution is 5.85. The number of aryl methyl sites for hydroxylation is 2. The fourth-order valence-electron chi connectivity index (χ4n) is 1.67. The number of hydrogen-bond acceptors (Lipinski definition) is 3. The Morgan fingerprint density at radius 1 is 0.889 bits per heavy atom. The van der Waals surface area contributed by atoms with Crippen LogP contribution in [0.2, 0.25) is 0 Å². The van der Waals surface area contributed by atoms with Crippen LogP contribution in [0.1, 0.15) is 22.5 Å². The van der Waals surface area contributed by atoms with E-state index in [1.807, 2.05) is 50.5 Å². The highest BCUT2D eigenvalue weighted by atomic mass is 35.5. The first-order valence-corrected chi connectivity index (χ1v) is 5.65. The van der Waals surface area contributed by atoms with Gasteiger partial charge in [0.1, 0.15) is 0 Å². The molecule has 3 nitrogen and oxygen atoms in total. The van der Waals surface area contributed by atoms with E-state index < -0.39 is 0 Å². The maximum Gasteiger partial charge on any atom is 0.0722 e. The first kappa shape index (κ1) is 14.6. The molecule has 0 spiro atoms. The number of halogens is 1. The molecule has 0 aliphatic carbocycles. The van der Waals surface area contributed by atoms with Crippen molar-refractivity contribution in [2.75, 3.05) is 0 Å². The van der Waals surface area contributed by atoms with Crippen molar-refractivity contribution in [3.63, 3.8) is 0 Å². The molecular formula is C14H17ClN2O. The summed E-state index contributed by atoms with van der Waals surface area (Å²) in [4.78, 5) is 8.31. The van der Waals surface area contributed by atoms with Gasteiger partial charge in [0.2, 0.25) is 0 Å². The van der Waals surface area contributed by atoms with Crippen molar-refractivity contribution in [1.29, 1.82) is 0 Å². The molecule has 0 saturated heterocycles. The number of nitrogens with zero attached hydrogens (tertiary/aromatic N) is 2. The van der Waals surface area contributed by atoms with Gasteiger partial charge in [-0.3, -0.25) is 9.97 Å². The second-order valence-electron chi connectivity index (χ2n) is 4.10. The number of hydrogen-bond donors (Lipinski definition) is 0. The van der Waals surface area contributed by atoms with Crippen molar-refractivity contribution in [2.45, 2.75) is 27.1 Å². The van der Waals surface area contributed by atoms with Gasteiger partial charge in [-0.25, -0.2) is 0 Å². The van der Waals surface area contributed by atoms with E-state index in [4.69, 9.17) is 4.74 Å². The van der Waals surface area contributed by atoms with Gasteiger partial charge in [0.15, 0.2) is 0 Å². The predicted octanol–water partition coefficient (Wildman–Crippen LogP) is 3.23. The van der Waals surface area contributed by atoms with Crippen LogP contribution in [-0.4, -0.2) is 9.97 Å². The summed E-state index contributed by atoms with van der Waals surface area (Å²) in [6, 6.07) is 8.03. The zero-order valence-electron chi connectivity index (χ0n) is 10.6. The van der Waals surface area contributed by atoms with Gasteiger partial charge in [-0.05, 0) is 49.2 Å². The van der Waals surface area contributed by atoms with Gasteiger partial charge in [-0.1, -0.05) is 0 Å². The van der Waals surface area contributed by atoms with E-state index in [1.165, 1.54) is 0 Å². The van der Waals surface area contributed by atoms with E-state index in [2.05, 4.69) is 9.97 Å². The van der Waals surface area contributed by atoms with Crippen molar-refractivity contribution in [1.82, 2.24) is 9.97 Å². The molecule has 0 aliphatic heterocycles. The van der Waals surface area contributed by atoms with Crippen molar-refractivity contribution in [3.8, 4) is 0 Å². The standard InChI is InChI=1S/C14H16N2O.ClH/c1-11-7-13(3-5-15-11)9-17-10-14-4-6-16-12(2)8-14;/h3-8H,9-10H2,1-2H3;1H. The van der Waals surface area contributed by atoms with E-state index >= 15 is 0 Å². The molecule has 4 heteroatoms. The highest BCUT2D eigenvalue weighted by Crippen LogP contribution is 2.07. The Kier molecular flexibility index (Phi) is 5.75. The van der Waals surface area contributed by atoms with E-state index in [0.717, 1.165) is 22.5 Å². The molecule has 0 atom stereocenters. The van der Waals surface area contributed by atoms with Gasteiger partial charge in [-0.2, -0.15) is 0 Å². The van der Waals surface area contributed by atoms with E-state index in [0.29, 0.717) is 13.2 Å². The molecule has 96 valence electrons. The minimum absolute atomic E-state index is 0. The average Bonchev–Trinajstić information content (AvgIpc) is 2.29. The largest absolute Gasteiger partial charge is 0.372 e. The van der Waals surface area contributed by atoms with Crippen LogP contribution in [0.15, 0.2) is 36.7 Å². The monoisotopic (exact) mass is 264 g/mol. The third kappa shape index (κ3) is 4.43. The second-order valence-corrected chi connectivity index (χ2v) is 4.10. The van der Waals surface area contributed by atoms with E-state index in [-0.39, 0.29) is 12.4 Å². The highest BCUT2D eigenvalue weighted by Gasteiger charge is 1.97. The van der Waals surface area contributed by atoms with Gasteiger partial charge >= 0.3 is 0 Å². The molecule has 0 aliphatic rings. The Bertz CT molecular complexity index is 457. The lowest BCUT2D eigenvalue weighted by molar-refractivity contribution is 0.107. The van der Waals surface area contributed by atoms with Crippen molar-refractivity contribution in [2.24, 2.45) is 0 Å². The molecule has 0 unspecified atom stereocenters. The summed E-state index contributed by atoms with van der Waals surface area (Å²) in [6.07, 6.45) is 3.62. The fraction of sp³-hybridized carbons (Fsp3) is 0.286. The first-order chi connectivity index (χ1) is 8.24. The van der Waals surface area contributed by atoms with Crippen molar-refractivity contribution in [3.05, 3.63) is 59.2 Å². The second kappa shape index (κ2) is 7.09. The van der Waals surface area contributed by atoms with Crippen molar-refractivity contribution < 1.29 is 4.74 Å². The van der Waals surface area contributed by atoms with Gasteiger partial charge in [0.05, 0.1) is 13.2 Å².